The van der Waals surface area contributed by atoms with E-state index in [2.05, 4.69) is 24.0 Å². The zero-order valence-corrected chi connectivity index (χ0v) is 17.0. The minimum atomic E-state index is -1.07. The fourth-order valence-corrected chi connectivity index (χ4v) is 8.03. The molecule has 7 atom stereocenters. The van der Waals surface area contributed by atoms with Gasteiger partial charge in [0.2, 0.25) is 0 Å². The molecule has 1 heterocycles. The number of carbonyl (C=O) groups is 1. The number of aliphatic hydroxyl groups is 2. The van der Waals surface area contributed by atoms with E-state index in [0.717, 1.165) is 44.1 Å². The number of aromatic nitrogens is 2. The minimum absolute atomic E-state index is 0.146. The van der Waals surface area contributed by atoms with E-state index in [1.807, 2.05) is 6.07 Å². The maximum Gasteiger partial charge on any atom is 0.133 e. The number of Topliss-reactive ketones (excluding diaryl/α,β-unsaturated/α-hetero) is 1. The van der Waals surface area contributed by atoms with E-state index >= 15 is 0 Å². The summed E-state index contributed by atoms with van der Waals surface area (Å²) in [5.74, 6) is 1.52. The predicted octanol–water partition coefficient (Wildman–Crippen LogP) is 3.39. The minimum Gasteiger partial charge on any atom is -0.389 e. The molecule has 5 nitrogen and oxygen atoms in total. The molecule has 1 aromatic rings. The standard InChI is InChI=1S/C23H32N2O3/c1-20-8-5-17(26)13-15(20)3-4-19-18(20)6-9-21(2)22(27,10-11-23(19,21)28)16-7-12-24-25-14-16/h7,12,14-15,18-19,27-28H,3-6,8-11,13H2,1-2H3/t15-,18+,19-,20+,21-,22-,23+/m1/s1. The number of hydrogen-bond donors (Lipinski definition) is 2. The average Bonchev–Trinajstić information content (AvgIpc) is 2.91. The molecule has 2 N–H and O–H groups in total. The molecule has 4 aliphatic carbocycles. The van der Waals surface area contributed by atoms with Gasteiger partial charge in [-0.15, -0.1) is 0 Å². The van der Waals surface area contributed by atoms with E-state index in [-0.39, 0.29) is 11.3 Å². The molecule has 1 aromatic heterocycles. The first-order valence-electron chi connectivity index (χ1n) is 11.0. The van der Waals surface area contributed by atoms with Crippen LogP contribution in [0.4, 0.5) is 0 Å². The van der Waals surface area contributed by atoms with Crippen molar-refractivity contribution in [1.29, 1.82) is 0 Å². The lowest BCUT2D eigenvalue weighted by molar-refractivity contribution is -0.235. The van der Waals surface area contributed by atoms with E-state index in [9.17, 15) is 15.0 Å². The monoisotopic (exact) mass is 384 g/mol. The van der Waals surface area contributed by atoms with Crippen molar-refractivity contribution in [2.45, 2.75) is 82.8 Å². The SMILES string of the molecule is C[C@]12CCC(=O)C[C@H]1CC[C@@H]1[C@@H]2CC[C@]2(C)[C@](O)(c3ccnnc3)CC[C@]12O. The van der Waals surface area contributed by atoms with Gasteiger partial charge in [-0.05, 0) is 74.2 Å². The van der Waals surface area contributed by atoms with Crippen LogP contribution in [0.3, 0.4) is 0 Å². The van der Waals surface area contributed by atoms with Crippen molar-refractivity contribution < 1.29 is 15.0 Å². The number of carbonyl (C=O) groups excluding carboxylic acids is 1. The highest BCUT2D eigenvalue weighted by molar-refractivity contribution is 5.79. The molecule has 0 aromatic carbocycles. The molecule has 0 saturated heterocycles. The summed E-state index contributed by atoms with van der Waals surface area (Å²) in [5, 5.41) is 31.9. The van der Waals surface area contributed by atoms with Gasteiger partial charge in [-0.3, -0.25) is 4.79 Å². The molecule has 152 valence electrons. The molecule has 0 amide bonds. The number of ketones is 1. The van der Waals surface area contributed by atoms with E-state index in [1.165, 1.54) is 0 Å². The normalized spacial score (nSPS) is 50.6. The second-order valence-corrected chi connectivity index (χ2v) is 10.5. The van der Waals surface area contributed by atoms with Crippen LogP contribution in [-0.2, 0) is 10.4 Å². The molecule has 0 spiro atoms. The predicted molar refractivity (Wildman–Crippen MR) is 104 cm³/mol. The van der Waals surface area contributed by atoms with Gasteiger partial charge >= 0.3 is 0 Å². The first-order valence-corrected chi connectivity index (χ1v) is 11.0. The van der Waals surface area contributed by atoms with Crippen LogP contribution in [0.2, 0.25) is 0 Å². The van der Waals surface area contributed by atoms with Gasteiger partial charge in [0.15, 0.2) is 0 Å². The Hall–Kier alpha value is -1.33. The summed E-state index contributed by atoms with van der Waals surface area (Å²) in [4.78, 5) is 12.1. The molecule has 0 unspecified atom stereocenters. The molecule has 4 aliphatic rings. The van der Waals surface area contributed by atoms with Gasteiger partial charge in [-0.25, -0.2) is 0 Å². The van der Waals surface area contributed by atoms with Gasteiger partial charge in [0, 0.05) is 30.0 Å². The molecule has 5 rings (SSSR count). The Balaban J connectivity index is 1.53. The van der Waals surface area contributed by atoms with E-state index in [1.54, 1.807) is 12.4 Å². The summed E-state index contributed by atoms with van der Waals surface area (Å²) < 4.78 is 0. The summed E-state index contributed by atoms with van der Waals surface area (Å²) in [6.45, 7) is 4.47. The largest absolute Gasteiger partial charge is 0.389 e. The first-order chi connectivity index (χ1) is 13.2. The summed E-state index contributed by atoms with van der Waals surface area (Å²) in [6.07, 6.45) is 10.7. The van der Waals surface area contributed by atoms with Crippen molar-refractivity contribution in [1.82, 2.24) is 10.2 Å². The summed E-state index contributed by atoms with van der Waals surface area (Å²) in [6, 6.07) is 1.85. The Labute approximate surface area is 166 Å². The van der Waals surface area contributed by atoms with E-state index < -0.39 is 16.6 Å². The number of fused-ring (bicyclic) bond motifs is 5. The molecule has 4 fully saturated rings. The fourth-order valence-electron chi connectivity index (χ4n) is 8.03. The van der Waals surface area contributed by atoms with Gasteiger partial charge in [-0.2, -0.15) is 10.2 Å². The summed E-state index contributed by atoms with van der Waals surface area (Å²) in [7, 11) is 0. The topological polar surface area (TPSA) is 83.3 Å². The van der Waals surface area contributed by atoms with Crippen molar-refractivity contribution in [3.63, 3.8) is 0 Å². The highest BCUT2D eigenvalue weighted by Gasteiger charge is 2.72. The van der Waals surface area contributed by atoms with Gasteiger partial charge in [0.25, 0.3) is 0 Å². The molecule has 5 heteroatoms. The average molecular weight is 385 g/mol. The smallest absolute Gasteiger partial charge is 0.133 e. The van der Waals surface area contributed by atoms with Gasteiger partial charge in [-0.1, -0.05) is 13.8 Å². The van der Waals surface area contributed by atoms with Crippen molar-refractivity contribution in [3.05, 3.63) is 24.0 Å². The molecule has 0 aliphatic heterocycles. The first kappa shape index (κ1) is 18.7. The Morgan fingerprint density at radius 3 is 2.57 bits per heavy atom. The van der Waals surface area contributed by atoms with E-state index in [4.69, 9.17) is 0 Å². The van der Waals surface area contributed by atoms with Crippen LogP contribution < -0.4 is 0 Å². The van der Waals surface area contributed by atoms with Crippen molar-refractivity contribution in [2.75, 3.05) is 0 Å². The lowest BCUT2D eigenvalue weighted by Gasteiger charge is -2.63. The number of rotatable bonds is 1. The van der Waals surface area contributed by atoms with Gasteiger partial charge < -0.3 is 10.2 Å². The van der Waals surface area contributed by atoms with Crippen LogP contribution in [0.25, 0.3) is 0 Å². The highest BCUT2D eigenvalue weighted by Crippen LogP contribution is 2.71. The quantitative estimate of drug-likeness (QED) is 0.775. The Morgan fingerprint density at radius 2 is 1.82 bits per heavy atom. The zero-order valence-electron chi connectivity index (χ0n) is 17.0. The van der Waals surface area contributed by atoms with Crippen LogP contribution >= 0.6 is 0 Å². The molecule has 0 bridgehead atoms. The number of nitrogens with zero attached hydrogens (tertiary/aromatic N) is 2. The zero-order chi connectivity index (χ0) is 19.8. The molecule has 28 heavy (non-hydrogen) atoms. The maximum absolute atomic E-state index is 12.2. The van der Waals surface area contributed by atoms with Crippen molar-refractivity contribution in [3.8, 4) is 0 Å². The van der Waals surface area contributed by atoms with E-state index in [0.29, 0.717) is 36.9 Å². The Kier molecular flexibility index (Phi) is 3.90. The van der Waals surface area contributed by atoms with Crippen LogP contribution in [0.1, 0.15) is 77.2 Å². The Morgan fingerprint density at radius 1 is 1.00 bits per heavy atom. The van der Waals surface area contributed by atoms with Gasteiger partial charge in [0.1, 0.15) is 5.78 Å². The van der Waals surface area contributed by atoms with Gasteiger partial charge in [0.05, 0.1) is 17.4 Å². The third kappa shape index (κ3) is 2.12. The Bertz CT molecular complexity index is 800. The molecular weight excluding hydrogens is 352 g/mol. The van der Waals surface area contributed by atoms with Crippen LogP contribution in [0, 0.1) is 28.6 Å². The highest BCUT2D eigenvalue weighted by atomic mass is 16.3. The van der Waals surface area contributed by atoms with Crippen molar-refractivity contribution >= 4 is 5.78 Å². The van der Waals surface area contributed by atoms with Crippen molar-refractivity contribution in [2.24, 2.45) is 28.6 Å². The third-order valence-corrected chi connectivity index (χ3v) is 9.87. The lowest BCUT2D eigenvalue weighted by Crippen LogP contribution is -2.64. The number of hydrogen-bond acceptors (Lipinski definition) is 5. The second kappa shape index (κ2) is 5.85. The third-order valence-electron chi connectivity index (χ3n) is 9.87. The summed E-state index contributed by atoms with van der Waals surface area (Å²) in [5.41, 5.74) is -1.60. The molecular formula is C23H32N2O3. The fraction of sp³-hybridized carbons (Fsp3) is 0.783. The lowest BCUT2D eigenvalue weighted by atomic mass is 9.43. The maximum atomic E-state index is 12.2. The second-order valence-electron chi connectivity index (χ2n) is 10.5. The van der Waals surface area contributed by atoms with Crippen LogP contribution in [0.15, 0.2) is 18.5 Å². The molecule has 4 saturated carbocycles. The van der Waals surface area contributed by atoms with Crippen LogP contribution in [-0.4, -0.2) is 31.8 Å². The summed E-state index contributed by atoms with van der Waals surface area (Å²) >= 11 is 0. The van der Waals surface area contributed by atoms with Crippen LogP contribution in [0.5, 0.6) is 0 Å². The molecule has 0 radical (unpaired) electrons.